The number of halogens is 2. The van der Waals surface area contributed by atoms with Gasteiger partial charge in [-0.15, -0.1) is 5.10 Å². The van der Waals surface area contributed by atoms with Gasteiger partial charge >= 0.3 is 0 Å². The van der Waals surface area contributed by atoms with Crippen molar-refractivity contribution in [3.8, 4) is 0 Å². The van der Waals surface area contributed by atoms with Crippen molar-refractivity contribution in [2.45, 2.75) is 19.4 Å². The maximum Gasteiger partial charge on any atom is 0.276 e. The fraction of sp³-hybridized carbons (Fsp3) is 0.550. The lowest BCUT2D eigenvalue weighted by atomic mass is 9.97. The summed E-state index contributed by atoms with van der Waals surface area (Å²) in [5.74, 6) is -0.00284. The van der Waals surface area contributed by atoms with Crippen molar-refractivity contribution in [1.82, 2.24) is 24.8 Å². The lowest BCUT2D eigenvalue weighted by Crippen LogP contribution is -2.46. The summed E-state index contributed by atoms with van der Waals surface area (Å²) in [6, 6.07) is 4.23. The number of hydrogen-bond donors (Lipinski definition) is 0. The molecule has 1 aromatic carbocycles. The zero-order valence-corrected chi connectivity index (χ0v) is 17.0. The number of amides is 1. The Hall–Kier alpha value is -2.03. The maximum atomic E-state index is 13.2. The second kappa shape index (κ2) is 9.19. The number of hydrogen-bond acceptors (Lipinski definition) is 5. The molecule has 0 radical (unpaired) electrons. The molecule has 9 heteroatoms. The van der Waals surface area contributed by atoms with Gasteiger partial charge in [-0.25, -0.2) is 9.07 Å². The van der Waals surface area contributed by atoms with Crippen LogP contribution in [0, 0.1) is 11.7 Å². The first-order chi connectivity index (χ1) is 14.1. The second-order valence-corrected chi connectivity index (χ2v) is 8.12. The first-order valence-corrected chi connectivity index (χ1v) is 10.4. The van der Waals surface area contributed by atoms with Crippen LogP contribution in [0.5, 0.6) is 0 Å². The van der Waals surface area contributed by atoms with Crippen molar-refractivity contribution in [3.63, 3.8) is 0 Å². The topological polar surface area (TPSA) is 63.5 Å². The number of nitrogens with zero attached hydrogens (tertiary/aromatic N) is 5. The molecule has 2 fully saturated rings. The Morgan fingerprint density at radius 2 is 2.10 bits per heavy atom. The van der Waals surface area contributed by atoms with E-state index in [2.05, 4.69) is 15.2 Å². The molecule has 0 aliphatic carbocycles. The van der Waals surface area contributed by atoms with Gasteiger partial charge in [0.05, 0.1) is 26.0 Å². The van der Waals surface area contributed by atoms with Crippen LogP contribution < -0.4 is 0 Å². The molecule has 3 heterocycles. The second-order valence-electron chi connectivity index (χ2n) is 7.71. The van der Waals surface area contributed by atoms with E-state index in [0.717, 1.165) is 64.3 Å². The van der Waals surface area contributed by atoms with E-state index in [1.807, 2.05) is 4.90 Å². The van der Waals surface area contributed by atoms with Gasteiger partial charge in [0.25, 0.3) is 5.91 Å². The number of carbonyl (C=O) groups is 1. The third-order valence-electron chi connectivity index (χ3n) is 5.53. The quantitative estimate of drug-likeness (QED) is 0.741. The number of carbonyl (C=O) groups excluding carboxylic acids is 1. The first kappa shape index (κ1) is 20.3. The van der Waals surface area contributed by atoms with Gasteiger partial charge < -0.3 is 9.64 Å². The normalized spacial score (nSPS) is 20.8. The van der Waals surface area contributed by atoms with Crippen LogP contribution in [0.2, 0.25) is 5.02 Å². The summed E-state index contributed by atoms with van der Waals surface area (Å²) in [5, 5.41) is 8.43. The molecule has 29 heavy (non-hydrogen) atoms. The Bertz CT molecular complexity index is 855. The van der Waals surface area contributed by atoms with E-state index in [0.29, 0.717) is 23.2 Å². The molecule has 2 aromatic rings. The highest BCUT2D eigenvalue weighted by Crippen LogP contribution is 2.21. The lowest BCUT2D eigenvalue weighted by molar-refractivity contribution is 0.0223. The molecule has 2 aliphatic heterocycles. The predicted molar refractivity (Wildman–Crippen MR) is 106 cm³/mol. The lowest BCUT2D eigenvalue weighted by Gasteiger charge is -2.36. The van der Waals surface area contributed by atoms with Gasteiger partial charge in [0.1, 0.15) is 5.82 Å². The van der Waals surface area contributed by atoms with Gasteiger partial charge in [0.15, 0.2) is 5.69 Å². The Labute approximate surface area is 174 Å². The molecule has 4 rings (SSSR count). The first-order valence-electron chi connectivity index (χ1n) is 10.0. The number of likely N-dealkylation sites (tertiary alicyclic amines) is 1. The van der Waals surface area contributed by atoms with Crippen molar-refractivity contribution in [3.05, 3.63) is 46.5 Å². The Kier molecular flexibility index (Phi) is 6.42. The van der Waals surface area contributed by atoms with Crippen molar-refractivity contribution in [2.24, 2.45) is 5.92 Å². The van der Waals surface area contributed by atoms with Crippen molar-refractivity contribution in [1.29, 1.82) is 0 Å². The summed E-state index contributed by atoms with van der Waals surface area (Å²) in [4.78, 5) is 17.2. The highest BCUT2D eigenvalue weighted by molar-refractivity contribution is 6.31. The zero-order valence-electron chi connectivity index (χ0n) is 16.3. The van der Waals surface area contributed by atoms with E-state index in [9.17, 15) is 9.18 Å². The van der Waals surface area contributed by atoms with E-state index < -0.39 is 0 Å². The van der Waals surface area contributed by atoms with E-state index in [1.54, 1.807) is 16.9 Å². The molecule has 0 N–H and O–H groups in total. The molecular formula is C20H25ClFN5O2. The molecule has 1 amide bonds. The van der Waals surface area contributed by atoms with Crippen LogP contribution >= 0.6 is 11.6 Å². The SMILES string of the molecule is O=C(c1cn(Cc2ccc(F)cc2Cl)nn1)N1CCC[C@@H](CN2CCOCC2)C1. The summed E-state index contributed by atoms with van der Waals surface area (Å²) in [6.07, 6.45) is 3.77. The molecule has 0 bridgehead atoms. The molecule has 0 spiro atoms. The van der Waals surface area contributed by atoms with Gasteiger partial charge in [-0.1, -0.05) is 22.9 Å². The molecule has 1 aromatic heterocycles. The monoisotopic (exact) mass is 421 g/mol. The summed E-state index contributed by atoms with van der Waals surface area (Å²) in [7, 11) is 0. The minimum atomic E-state index is -0.384. The third-order valence-corrected chi connectivity index (χ3v) is 5.88. The van der Waals surface area contributed by atoms with Crippen LogP contribution in [-0.2, 0) is 11.3 Å². The minimum Gasteiger partial charge on any atom is -0.379 e. The summed E-state index contributed by atoms with van der Waals surface area (Å²) in [5.41, 5.74) is 1.05. The smallest absolute Gasteiger partial charge is 0.276 e. The van der Waals surface area contributed by atoms with Gasteiger partial charge in [0.2, 0.25) is 0 Å². The molecule has 2 saturated heterocycles. The summed E-state index contributed by atoms with van der Waals surface area (Å²) < 4.78 is 20.2. The average molecular weight is 422 g/mol. The van der Waals surface area contributed by atoms with E-state index in [1.165, 1.54) is 12.1 Å². The van der Waals surface area contributed by atoms with Gasteiger partial charge in [-0.3, -0.25) is 9.69 Å². The molecule has 7 nitrogen and oxygen atoms in total. The Morgan fingerprint density at radius 1 is 1.28 bits per heavy atom. The van der Waals surface area contributed by atoms with Crippen LogP contribution in [0.15, 0.2) is 24.4 Å². The predicted octanol–water partition coefficient (Wildman–Crippen LogP) is 2.30. The number of aromatic nitrogens is 3. The molecular weight excluding hydrogens is 397 g/mol. The van der Waals surface area contributed by atoms with Crippen LogP contribution in [0.25, 0.3) is 0 Å². The third kappa shape index (κ3) is 5.12. The van der Waals surface area contributed by atoms with E-state index in [-0.39, 0.29) is 11.7 Å². The van der Waals surface area contributed by atoms with Gasteiger partial charge in [-0.2, -0.15) is 0 Å². The molecule has 2 aliphatic rings. The molecule has 1 atom stereocenters. The van der Waals surface area contributed by atoms with E-state index in [4.69, 9.17) is 16.3 Å². The number of rotatable bonds is 5. The van der Waals surface area contributed by atoms with Crippen LogP contribution in [-0.4, -0.2) is 76.6 Å². The Morgan fingerprint density at radius 3 is 2.90 bits per heavy atom. The van der Waals surface area contributed by atoms with E-state index >= 15 is 0 Å². The van der Waals surface area contributed by atoms with Crippen LogP contribution in [0.4, 0.5) is 4.39 Å². The van der Waals surface area contributed by atoms with Crippen molar-refractivity contribution < 1.29 is 13.9 Å². The largest absolute Gasteiger partial charge is 0.379 e. The van der Waals surface area contributed by atoms with Crippen LogP contribution in [0.1, 0.15) is 28.9 Å². The fourth-order valence-corrected chi connectivity index (χ4v) is 4.23. The average Bonchev–Trinajstić information content (AvgIpc) is 3.19. The zero-order chi connectivity index (χ0) is 20.2. The summed E-state index contributed by atoms with van der Waals surface area (Å²) >= 11 is 6.08. The van der Waals surface area contributed by atoms with Crippen LogP contribution in [0.3, 0.4) is 0 Å². The number of piperidine rings is 1. The molecule has 0 unspecified atom stereocenters. The highest BCUT2D eigenvalue weighted by atomic mass is 35.5. The summed E-state index contributed by atoms with van der Waals surface area (Å²) in [6.45, 7) is 6.33. The molecule has 156 valence electrons. The highest BCUT2D eigenvalue weighted by Gasteiger charge is 2.27. The number of benzene rings is 1. The maximum absolute atomic E-state index is 13.2. The van der Waals surface area contributed by atoms with Crippen molar-refractivity contribution >= 4 is 17.5 Å². The molecule has 0 saturated carbocycles. The van der Waals surface area contributed by atoms with Crippen molar-refractivity contribution in [2.75, 3.05) is 45.9 Å². The Balaban J connectivity index is 1.36. The standard InChI is InChI=1S/C20H25ClFN5O2/c21-18-10-17(22)4-3-16(18)13-27-14-19(23-24-27)20(28)26-5-1-2-15(12-26)11-25-6-8-29-9-7-25/h3-4,10,14-15H,1-2,5-9,11-13H2/t15-/m0/s1. The fourth-order valence-electron chi connectivity index (χ4n) is 4.01. The van der Waals surface area contributed by atoms with Gasteiger partial charge in [0, 0.05) is 37.7 Å². The number of ether oxygens (including phenoxy) is 1. The van der Waals surface area contributed by atoms with Gasteiger partial charge in [-0.05, 0) is 36.5 Å². The number of morpholine rings is 1. The minimum absolute atomic E-state index is 0.0897.